The van der Waals surface area contributed by atoms with Gasteiger partial charge in [0.05, 0.1) is 0 Å². The molecule has 2 heterocycles. The molecule has 1 aromatic carbocycles. The summed E-state index contributed by atoms with van der Waals surface area (Å²) in [5.41, 5.74) is 4.56. The van der Waals surface area contributed by atoms with Crippen molar-refractivity contribution in [3.8, 4) is 12.3 Å². The number of pyridine rings is 1. The van der Waals surface area contributed by atoms with Crippen LogP contribution in [0, 0.1) is 12.3 Å². The predicted octanol–water partition coefficient (Wildman–Crippen LogP) is 5.61. The number of piperidine rings is 1. The zero-order chi connectivity index (χ0) is 20.9. The number of aromatic nitrogens is 1. The van der Waals surface area contributed by atoms with Crippen molar-refractivity contribution in [1.29, 1.82) is 0 Å². The standard InChI is InChI=1S/C25H26Cl2N2O/c1-2-16-9-10-25(23-20(27)8-7-19(26)22(16)23)11-13-29(14-12-25)21-15-17-5-3-4-6-18(17)24(30)28-21/h1,7-8,15-16H,3-6,9-14H2,(H,28,30). The van der Waals surface area contributed by atoms with Gasteiger partial charge in [-0.25, -0.2) is 0 Å². The van der Waals surface area contributed by atoms with Crippen molar-refractivity contribution in [3.63, 3.8) is 0 Å². The van der Waals surface area contributed by atoms with Gasteiger partial charge in [0.25, 0.3) is 5.56 Å². The maximum atomic E-state index is 12.6. The van der Waals surface area contributed by atoms with Crippen LogP contribution in [-0.4, -0.2) is 18.1 Å². The number of aromatic amines is 1. The number of nitrogens with one attached hydrogen (secondary N) is 1. The van der Waals surface area contributed by atoms with Crippen molar-refractivity contribution in [2.24, 2.45) is 0 Å². The van der Waals surface area contributed by atoms with E-state index in [0.29, 0.717) is 0 Å². The van der Waals surface area contributed by atoms with E-state index in [2.05, 4.69) is 21.9 Å². The smallest absolute Gasteiger partial charge is 0.252 e. The van der Waals surface area contributed by atoms with Gasteiger partial charge in [-0.1, -0.05) is 29.1 Å². The van der Waals surface area contributed by atoms with Gasteiger partial charge < -0.3 is 9.88 Å². The molecule has 2 aliphatic carbocycles. The molecular formula is C25H26Cl2N2O. The van der Waals surface area contributed by atoms with Crippen LogP contribution in [0.5, 0.6) is 0 Å². The van der Waals surface area contributed by atoms with Crippen molar-refractivity contribution in [3.05, 3.63) is 60.9 Å². The van der Waals surface area contributed by atoms with Crippen molar-refractivity contribution in [1.82, 2.24) is 4.98 Å². The van der Waals surface area contributed by atoms with Gasteiger partial charge in [-0.3, -0.25) is 4.79 Å². The third-order valence-corrected chi connectivity index (χ3v) is 8.18. The highest BCUT2D eigenvalue weighted by atomic mass is 35.5. The SMILES string of the molecule is C#CC1CCC2(CCN(c3cc4c(c(=O)[nH]3)CCCC4)CC2)c2c(Cl)ccc(Cl)c21. The second-order valence-electron chi connectivity index (χ2n) is 9.04. The lowest BCUT2D eigenvalue weighted by molar-refractivity contribution is 0.281. The number of hydrogen-bond acceptors (Lipinski definition) is 2. The minimum atomic E-state index is 0.00959. The fourth-order valence-corrected chi connectivity index (χ4v) is 6.54. The highest BCUT2D eigenvalue weighted by molar-refractivity contribution is 6.34. The van der Waals surface area contributed by atoms with Gasteiger partial charge in [0.2, 0.25) is 0 Å². The summed E-state index contributed by atoms with van der Waals surface area (Å²) in [6.45, 7) is 1.77. The molecular weight excluding hydrogens is 415 g/mol. The maximum Gasteiger partial charge on any atom is 0.252 e. The Bertz CT molecular complexity index is 1090. The van der Waals surface area contributed by atoms with Gasteiger partial charge in [0.15, 0.2) is 0 Å². The van der Waals surface area contributed by atoms with Crippen LogP contribution in [0.3, 0.4) is 0 Å². The second-order valence-corrected chi connectivity index (χ2v) is 9.85. The summed E-state index contributed by atoms with van der Waals surface area (Å²) < 4.78 is 0. The molecule has 1 aromatic heterocycles. The zero-order valence-corrected chi connectivity index (χ0v) is 18.6. The van der Waals surface area contributed by atoms with E-state index in [1.807, 2.05) is 12.1 Å². The van der Waals surface area contributed by atoms with Crippen LogP contribution in [0.1, 0.15) is 66.7 Å². The van der Waals surface area contributed by atoms with E-state index < -0.39 is 0 Å². The first-order valence-corrected chi connectivity index (χ1v) is 11.7. The van der Waals surface area contributed by atoms with E-state index in [-0.39, 0.29) is 16.9 Å². The van der Waals surface area contributed by atoms with Gasteiger partial charge in [-0.2, -0.15) is 0 Å². The molecule has 2 aromatic rings. The molecule has 1 atom stereocenters. The maximum absolute atomic E-state index is 12.6. The number of benzene rings is 1. The topological polar surface area (TPSA) is 36.1 Å². The highest BCUT2D eigenvalue weighted by Gasteiger charge is 2.44. The Morgan fingerprint density at radius 2 is 1.83 bits per heavy atom. The molecule has 3 nitrogen and oxygen atoms in total. The summed E-state index contributed by atoms with van der Waals surface area (Å²) >= 11 is 13.3. The van der Waals surface area contributed by atoms with Crippen LogP contribution in [0.15, 0.2) is 23.0 Å². The third kappa shape index (κ3) is 3.17. The number of aryl methyl sites for hydroxylation is 1. The Morgan fingerprint density at radius 1 is 1.10 bits per heavy atom. The van der Waals surface area contributed by atoms with E-state index in [1.54, 1.807) is 0 Å². The normalized spacial score (nSPS) is 22.3. The minimum absolute atomic E-state index is 0.00959. The van der Waals surface area contributed by atoms with Crippen molar-refractivity contribution >= 4 is 29.0 Å². The Morgan fingerprint density at radius 3 is 2.60 bits per heavy atom. The average Bonchev–Trinajstić information content (AvgIpc) is 2.77. The minimum Gasteiger partial charge on any atom is -0.358 e. The van der Waals surface area contributed by atoms with Crippen LogP contribution < -0.4 is 10.5 Å². The Labute approximate surface area is 187 Å². The molecule has 1 spiro atoms. The van der Waals surface area contributed by atoms with Crippen molar-refractivity contribution in [2.45, 2.75) is 62.7 Å². The number of nitrogens with zero attached hydrogens (tertiary/aromatic N) is 1. The van der Waals surface area contributed by atoms with Crippen LogP contribution >= 0.6 is 23.2 Å². The van der Waals surface area contributed by atoms with Crippen LogP contribution in [-0.2, 0) is 18.3 Å². The number of H-pyrrole nitrogens is 1. The average molecular weight is 441 g/mol. The number of fused-ring (bicyclic) bond motifs is 3. The lowest BCUT2D eigenvalue weighted by Gasteiger charge is -2.47. The van der Waals surface area contributed by atoms with E-state index >= 15 is 0 Å². The van der Waals surface area contributed by atoms with E-state index in [0.717, 1.165) is 85.0 Å². The quantitative estimate of drug-likeness (QED) is 0.584. The Kier molecular flexibility index (Phi) is 5.12. The first-order chi connectivity index (χ1) is 14.5. The van der Waals surface area contributed by atoms with Crippen LogP contribution in [0.25, 0.3) is 0 Å². The molecule has 3 aliphatic rings. The fourth-order valence-electron chi connectivity index (χ4n) is 5.89. The molecule has 156 valence electrons. The second kappa shape index (κ2) is 7.66. The molecule has 30 heavy (non-hydrogen) atoms. The van der Waals surface area contributed by atoms with Gasteiger partial charge >= 0.3 is 0 Å². The number of halogens is 2. The largest absolute Gasteiger partial charge is 0.358 e. The summed E-state index contributed by atoms with van der Waals surface area (Å²) in [6.07, 6.45) is 14.0. The van der Waals surface area contributed by atoms with Crippen molar-refractivity contribution < 1.29 is 0 Å². The van der Waals surface area contributed by atoms with E-state index in [4.69, 9.17) is 29.6 Å². The summed E-state index contributed by atoms with van der Waals surface area (Å²) in [6, 6.07) is 6.00. The Balaban J connectivity index is 1.46. The monoisotopic (exact) mass is 440 g/mol. The number of anilines is 1. The number of hydrogen-bond donors (Lipinski definition) is 1. The Hall–Kier alpha value is -1.89. The third-order valence-electron chi connectivity index (χ3n) is 7.53. The lowest BCUT2D eigenvalue weighted by Crippen LogP contribution is -2.45. The number of terminal acetylenes is 1. The lowest BCUT2D eigenvalue weighted by atomic mass is 9.62. The molecule has 1 fully saturated rings. The van der Waals surface area contributed by atoms with Gasteiger partial charge in [-0.05, 0) is 86.3 Å². The fraction of sp³-hybridized carbons (Fsp3) is 0.480. The molecule has 0 saturated carbocycles. The molecule has 0 radical (unpaired) electrons. The van der Waals surface area contributed by atoms with Crippen LogP contribution in [0.2, 0.25) is 10.0 Å². The number of rotatable bonds is 1. The summed E-state index contributed by atoms with van der Waals surface area (Å²) in [5.74, 6) is 3.92. The first-order valence-electron chi connectivity index (χ1n) is 11.0. The molecule has 0 amide bonds. The molecule has 1 N–H and O–H groups in total. The van der Waals surface area contributed by atoms with Gasteiger partial charge in [-0.15, -0.1) is 6.42 Å². The molecule has 1 aliphatic heterocycles. The van der Waals surface area contributed by atoms with Crippen LogP contribution in [0.4, 0.5) is 5.82 Å². The zero-order valence-electron chi connectivity index (χ0n) is 17.1. The van der Waals surface area contributed by atoms with E-state index in [9.17, 15) is 4.79 Å². The van der Waals surface area contributed by atoms with Gasteiger partial charge in [0.1, 0.15) is 5.82 Å². The first kappa shape index (κ1) is 20.0. The summed E-state index contributed by atoms with van der Waals surface area (Å²) in [7, 11) is 0. The van der Waals surface area contributed by atoms with E-state index in [1.165, 1.54) is 17.5 Å². The predicted molar refractivity (Wildman–Crippen MR) is 124 cm³/mol. The van der Waals surface area contributed by atoms with Gasteiger partial charge in [0, 0.05) is 40.0 Å². The molecule has 1 unspecified atom stereocenters. The molecule has 1 saturated heterocycles. The molecule has 5 heteroatoms. The van der Waals surface area contributed by atoms with Crippen molar-refractivity contribution in [2.75, 3.05) is 18.0 Å². The summed E-state index contributed by atoms with van der Waals surface area (Å²) in [4.78, 5) is 18.1. The highest BCUT2D eigenvalue weighted by Crippen LogP contribution is 2.53. The summed E-state index contributed by atoms with van der Waals surface area (Å²) in [5, 5.41) is 1.52. The molecule has 0 bridgehead atoms. The molecule has 5 rings (SSSR count).